The SMILES string of the molecule is CC(=O)O[C@@H]1c2ccccc2[C@H]2c3ccccc3[C@@H]1[C@@]2(C)C(Cl)(Cl)Cl. The summed E-state index contributed by atoms with van der Waals surface area (Å²) in [5.41, 5.74) is 3.56. The van der Waals surface area contributed by atoms with Crippen LogP contribution in [0.3, 0.4) is 0 Å². The van der Waals surface area contributed by atoms with Crippen LogP contribution in [0.2, 0.25) is 0 Å². The maximum atomic E-state index is 11.8. The normalized spacial score (nSPS) is 29.7. The summed E-state index contributed by atoms with van der Waals surface area (Å²) in [7, 11) is 0. The molecule has 0 fully saturated rings. The van der Waals surface area contributed by atoms with Crippen molar-refractivity contribution in [1.82, 2.24) is 0 Å². The molecule has 0 saturated heterocycles. The highest BCUT2D eigenvalue weighted by Gasteiger charge is 2.66. The van der Waals surface area contributed by atoms with Gasteiger partial charge in [-0.15, -0.1) is 0 Å². The lowest BCUT2D eigenvalue weighted by Gasteiger charge is -2.49. The summed E-state index contributed by atoms with van der Waals surface area (Å²) < 4.78 is 4.26. The highest BCUT2D eigenvalue weighted by atomic mass is 35.6. The maximum Gasteiger partial charge on any atom is 0.303 e. The molecule has 130 valence electrons. The smallest absolute Gasteiger partial charge is 0.303 e. The first-order valence-electron chi connectivity index (χ1n) is 8.18. The Morgan fingerprint density at radius 3 is 1.96 bits per heavy atom. The molecule has 0 heterocycles. The van der Waals surface area contributed by atoms with Crippen molar-refractivity contribution in [3.63, 3.8) is 0 Å². The average molecular weight is 396 g/mol. The van der Waals surface area contributed by atoms with Gasteiger partial charge in [0.1, 0.15) is 6.10 Å². The molecule has 2 aliphatic rings. The number of ether oxygens (including phenoxy) is 1. The fourth-order valence-corrected chi connectivity index (χ4v) is 5.39. The number of hydrogen-bond acceptors (Lipinski definition) is 2. The van der Waals surface area contributed by atoms with Crippen molar-refractivity contribution >= 4 is 40.8 Å². The molecule has 2 bridgehead atoms. The van der Waals surface area contributed by atoms with Crippen LogP contribution in [0.1, 0.15) is 54.0 Å². The van der Waals surface area contributed by atoms with E-state index >= 15 is 0 Å². The lowest BCUT2D eigenvalue weighted by atomic mass is 9.62. The number of carbonyl (C=O) groups excluding carboxylic acids is 1. The molecule has 2 aromatic carbocycles. The van der Waals surface area contributed by atoms with Crippen molar-refractivity contribution < 1.29 is 9.53 Å². The van der Waals surface area contributed by atoms with Gasteiger partial charge in [0.2, 0.25) is 0 Å². The Hall–Kier alpha value is -1.22. The Labute approximate surface area is 162 Å². The van der Waals surface area contributed by atoms with E-state index in [2.05, 4.69) is 12.1 Å². The molecule has 4 atom stereocenters. The number of carbonyl (C=O) groups is 1. The Balaban J connectivity index is 2.07. The molecule has 0 spiro atoms. The first kappa shape index (κ1) is 17.2. The van der Waals surface area contributed by atoms with Gasteiger partial charge >= 0.3 is 5.97 Å². The molecular formula is C20H17Cl3O2. The zero-order valence-corrected chi connectivity index (χ0v) is 16.1. The summed E-state index contributed by atoms with van der Waals surface area (Å²) in [4.78, 5) is 11.8. The Kier molecular flexibility index (Phi) is 3.88. The largest absolute Gasteiger partial charge is 0.457 e. The van der Waals surface area contributed by atoms with E-state index in [9.17, 15) is 4.79 Å². The van der Waals surface area contributed by atoms with Crippen LogP contribution in [0, 0.1) is 5.41 Å². The fraction of sp³-hybridized carbons (Fsp3) is 0.350. The lowest BCUT2D eigenvalue weighted by molar-refractivity contribution is -0.150. The van der Waals surface area contributed by atoms with E-state index < -0.39 is 15.3 Å². The molecule has 0 aromatic heterocycles. The molecule has 4 rings (SSSR count). The quantitative estimate of drug-likeness (QED) is 0.443. The van der Waals surface area contributed by atoms with Gasteiger partial charge in [0, 0.05) is 24.2 Å². The van der Waals surface area contributed by atoms with Gasteiger partial charge in [-0.2, -0.15) is 0 Å². The minimum absolute atomic E-state index is 0.0655. The van der Waals surface area contributed by atoms with Crippen LogP contribution >= 0.6 is 34.8 Å². The standard InChI is InChI=1S/C20H17Cl3O2/c1-11(24)25-18-15-10-6-5-9-14(15)16-12-7-3-4-8-13(12)17(18)19(16,2)20(21,22)23/h3-10,16-18H,1-2H3/t16-,17+,18-,19+/m1/s1. The van der Waals surface area contributed by atoms with Crippen LogP contribution in [-0.2, 0) is 9.53 Å². The molecule has 2 aliphatic carbocycles. The summed E-state index contributed by atoms with van der Waals surface area (Å²) in [5, 5.41) is 0. The van der Waals surface area contributed by atoms with E-state index in [4.69, 9.17) is 39.5 Å². The number of rotatable bonds is 1. The van der Waals surface area contributed by atoms with Crippen LogP contribution in [0.25, 0.3) is 0 Å². The van der Waals surface area contributed by atoms with Gasteiger partial charge in [-0.05, 0) is 22.3 Å². The second-order valence-corrected chi connectivity index (χ2v) is 9.26. The Bertz CT molecular complexity index is 858. The average Bonchev–Trinajstić information content (AvgIpc) is 2.74. The number of halogens is 3. The predicted octanol–water partition coefficient (Wildman–Crippen LogP) is 5.91. The maximum absolute atomic E-state index is 11.8. The number of benzene rings is 2. The number of fused-ring (bicyclic) bond motifs is 7. The van der Waals surface area contributed by atoms with Crippen LogP contribution in [0.15, 0.2) is 48.5 Å². The molecule has 0 radical (unpaired) electrons. The third-order valence-corrected chi connectivity index (χ3v) is 6.93. The van der Waals surface area contributed by atoms with Crippen LogP contribution in [0.5, 0.6) is 0 Å². The molecule has 2 aromatic rings. The minimum atomic E-state index is -1.52. The monoisotopic (exact) mass is 394 g/mol. The fourth-order valence-electron chi connectivity index (χ4n) is 4.71. The highest BCUT2D eigenvalue weighted by molar-refractivity contribution is 6.68. The van der Waals surface area contributed by atoms with Crippen LogP contribution in [-0.4, -0.2) is 9.76 Å². The Morgan fingerprint density at radius 2 is 1.44 bits per heavy atom. The second-order valence-electron chi connectivity index (χ2n) is 6.98. The first-order chi connectivity index (χ1) is 11.8. The van der Waals surface area contributed by atoms with Gasteiger partial charge in [-0.1, -0.05) is 90.3 Å². The Morgan fingerprint density at radius 1 is 0.960 bits per heavy atom. The molecule has 25 heavy (non-hydrogen) atoms. The topological polar surface area (TPSA) is 26.3 Å². The van der Waals surface area contributed by atoms with E-state index in [1.54, 1.807) is 0 Å². The molecular weight excluding hydrogens is 379 g/mol. The number of esters is 1. The van der Waals surface area contributed by atoms with E-state index in [1.165, 1.54) is 6.92 Å². The van der Waals surface area contributed by atoms with E-state index in [-0.39, 0.29) is 17.8 Å². The van der Waals surface area contributed by atoms with Crippen molar-refractivity contribution in [2.75, 3.05) is 0 Å². The summed E-state index contributed by atoms with van der Waals surface area (Å²) in [6.07, 6.45) is -0.478. The van der Waals surface area contributed by atoms with Gasteiger partial charge in [0.15, 0.2) is 3.79 Å². The zero-order valence-electron chi connectivity index (χ0n) is 13.8. The van der Waals surface area contributed by atoms with Crippen LogP contribution < -0.4 is 0 Å². The third-order valence-electron chi connectivity index (χ3n) is 5.71. The van der Waals surface area contributed by atoms with Gasteiger partial charge in [0.05, 0.1) is 0 Å². The van der Waals surface area contributed by atoms with E-state index in [0.717, 1.165) is 22.3 Å². The van der Waals surface area contributed by atoms with Gasteiger partial charge in [-0.3, -0.25) is 4.79 Å². The minimum Gasteiger partial charge on any atom is -0.457 e. The van der Waals surface area contributed by atoms with E-state index in [0.29, 0.717) is 0 Å². The molecule has 2 nitrogen and oxygen atoms in total. The van der Waals surface area contributed by atoms with Crippen molar-refractivity contribution in [3.05, 3.63) is 70.8 Å². The van der Waals surface area contributed by atoms with Crippen molar-refractivity contribution in [2.45, 2.75) is 35.6 Å². The van der Waals surface area contributed by atoms with Crippen molar-refractivity contribution in [2.24, 2.45) is 5.41 Å². The molecule has 0 saturated carbocycles. The second kappa shape index (κ2) is 5.64. The summed E-state index contributed by atoms with van der Waals surface area (Å²) in [5.74, 6) is -0.626. The molecule has 0 N–H and O–H groups in total. The molecule has 5 heteroatoms. The lowest BCUT2D eigenvalue weighted by Crippen LogP contribution is -2.45. The molecule has 0 amide bonds. The number of alkyl halides is 3. The van der Waals surface area contributed by atoms with Crippen LogP contribution in [0.4, 0.5) is 0 Å². The van der Waals surface area contributed by atoms with Gasteiger partial charge in [0.25, 0.3) is 0 Å². The third kappa shape index (κ3) is 2.27. The summed E-state index contributed by atoms with van der Waals surface area (Å²) in [6.45, 7) is 3.41. The predicted molar refractivity (Wildman–Crippen MR) is 100 cm³/mol. The van der Waals surface area contributed by atoms with Crippen molar-refractivity contribution in [1.29, 1.82) is 0 Å². The highest BCUT2D eigenvalue weighted by Crippen LogP contribution is 2.72. The van der Waals surface area contributed by atoms with Crippen molar-refractivity contribution in [3.8, 4) is 0 Å². The first-order valence-corrected chi connectivity index (χ1v) is 9.31. The van der Waals surface area contributed by atoms with E-state index in [1.807, 2.05) is 43.3 Å². The molecule has 0 unspecified atom stereocenters. The number of hydrogen-bond donors (Lipinski definition) is 0. The van der Waals surface area contributed by atoms with Gasteiger partial charge in [-0.25, -0.2) is 0 Å². The zero-order chi connectivity index (χ0) is 18.0. The molecule has 0 aliphatic heterocycles. The summed E-state index contributed by atoms with van der Waals surface area (Å²) in [6, 6.07) is 16.1. The van der Waals surface area contributed by atoms with Gasteiger partial charge < -0.3 is 4.74 Å². The summed E-state index contributed by atoms with van der Waals surface area (Å²) >= 11 is 19.6.